The molecule has 0 saturated heterocycles. The van der Waals surface area contributed by atoms with Gasteiger partial charge in [0.15, 0.2) is 0 Å². The van der Waals surface area contributed by atoms with E-state index in [0.717, 1.165) is 12.0 Å². The highest BCUT2D eigenvalue weighted by Crippen LogP contribution is 2.04. The number of hydrogen-bond acceptors (Lipinski definition) is 1. The largest absolute Gasteiger partial charge is 0.396 e. The average Bonchev–Trinajstić information content (AvgIpc) is 2.13. The fourth-order valence-electron chi connectivity index (χ4n) is 1.08. The summed E-state index contributed by atoms with van der Waals surface area (Å²) in [6.07, 6.45) is 5.21. The lowest BCUT2D eigenvalue weighted by atomic mass is 10.1. The SMILES string of the molecule is OCC/C=C\Cc1cccc(F)c1. The van der Waals surface area contributed by atoms with Crippen LogP contribution in [0.4, 0.5) is 4.39 Å². The Kier molecular flexibility index (Phi) is 4.19. The Bertz CT molecular complexity index is 281. The van der Waals surface area contributed by atoms with Crippen molar-refractivity contribution >= 4 is 0 Å². The zero-order chi connectivity index (χ0) is 9.52. The maximum atomic E-state index is 12.7. The van der Waals surface area contributed by atoms with Gasteiger partial charge in [0.25, 0.3) is 0 Å². The smallest absolute Gasteiger partial charge is 0.123 e. The topological polar surface area (TPSA) is 20.2 Å². The molecule has 1 aromatic carbocycles. The van der Waals surface area contributed by atoms with Crippen LogP contribution in [0.1, 0.15) is 12.0 Å². The van der Waals surface area contributed by atoms with E-state index in [1.165, 1.54) is 12.1 Å². The number of aliphatic hydroxyl groups excluding tert-OH is 1. The number of allylic oxidation sites excluding steroid dienone is 1. The van der Waals surface area contributed by atoms with Gasteiger partial charge < -0.3 is 5.11 Å². The van der Waals surface area contributed by atoms with E-state index in [1.807, 2.05) is 18.2 Å². The van der Waals surface area contributed by atoms with E-state index < -0.39 is 0 Å². The summed E-state index contributed by atoms with van der Waals surface area (Å²) < 4.78 is 12.7. The fourth-order valence-corrected chi connectivity index (χ4v) is 1.08. The molecule has 0 radical (unpaired) electrons. The molecule has 0 aliphatic carbocycles. The number of rotatable bonds is 4. The molecule has 0 fully saturated rings. The molecule has 0 aliphatic heterocycles. The lowest BCUT2D eigenvalue weighted by molar-refractivity contribution is 0.302. The minimum atomic E-state index is -0.201. The lowest BCUT2D eigenvalue weighted by Gasteiger charge is -1.95. The van der Waals surface area contributed by atoms with Crippen molar-refractivity contribution in [2.45, 2.75) is 12.8 Å². The minimum absolute atomic E-state index is 0.166. The Morgan fingerprint density at radius 1 is 1.31 bits per heavy atom. The van der Waals surface area contributed by atoms with Crippen LogP contribution >= 0.6 is 0 Å². The highest BCUT2D eigenvalue weighted by molar-refractivity contribution is 5.18. The second-order valence-corrected chi connectivity index (χ2v) is 2.82. The van der Waals surface area contributed by atoms with E-state index in [1.54, 1.807) is 6.07 Å². The molecular weight excluding hydrogens is 167 g/mol. The van der Waals surface area contributed by atoms with Gasteiger partial charge in [0.1, 0.15) is 5.82 Å². The zero-order valence-electron chi connectivity index (χ0n) is 7.41. The molecule has 0 bridgehead atoms. The first-order valence-electron chi connectivity index (χ1n) is 4.33. The van der Waals surface area contributed by atoms with Gasteiger partial charge in [-0.25, -0.2) is 4.39 Å². The molecule has 0 amide bonds. The van der Waals surface area contributed by atoms with Crippen LogP contribution in [0, 0.1) is 5.82 Å². The van der Waals surface area contributed by atoms with Crippen molar-refractivity contribution < 1.29 is 9.50 Å². The first-order valence-corrected chi connectivity index (χ1v) is 4.33. The van der Waals surface area contributed by atoms with Gasteiger partial charge in [0.2, 0.25) is 0 Å². The van der Waals surface area contributed by atoms with Crippen LogP contribution in [0.5, 0.6) is 0 Å². The molecule has 0 heterocycles. The Balaban J connectivity index is 2.45. The summed E-state index contributed by atoms with van der Waals surface area (Å²) in [6, 6.07) is 6.53. The van der Waals surface area contributed by atoms with Crippen LogP contribution in [0.25, 0.3) is 0 Å². The van der Waals surface area contributed by atoms with Crippen molar-refractivity contribution in [2.75, 3.05) is 6.61 Å². The summed E-state index contributed by atoms with van der Waals surface area (Å²) in [5, 5.41) is 8.50. The molecule has 13 heavy (non-hydrogen) atoms. The predicted molar refractivity (Wildman–Crippen MR) is 50.9 cm³/mol. The molecule has 70 valence electrons. The van der Waals surface area contributed by atoms with Crippen molar-refractivity contribution in [3.63, 3.8) is 0 Å². The van der Waals surface area contributed by atoms with E-state index in [4.69, 9.17) is 5.11 Å². The normalized spacial score (nSPS) is 10.9. The van der Waals surface area contributed by atoms with Crippen molar-refractivity contribution in [1.29, 1.82) is 0 Å². The second kappa shape index (κ2) is 5.49. The highest BCUT2D eigenvalue weighted by Gasteiger charge is 1.91. The van der Waals surface area contributed by atoms with Crippen LogP contribution in [0.3, 0.4) is 0 Å². The van der Waals surface area contributed by atoms with Crippen molar-refractivity contribution in [1.82, 2.24) is 0 Å². The first-order chi connectivity index (χ1) is 6.33. The standard InChI is InChI=1S/C11H13FO/c12-11-7-4-6-10(9-11)5-2-1-3-8-13/h1-2,4,6-7,9,13H,3,5,8H2/b2-1-. The van der Waals surface area contributed by atoms with Gasteiger partial charge >= 0.3 is 0 Å². The van der Waals surface area contributed by atoms with Crippen molar-refractivity contribution in [3.05, 3.63) is 47.8 Å². The number of aliphatic hydroxyl groups is 1. The summed E-state index contributed by atoms with van der Waals surface area (Å²) in [6.45, 7) is 0.166. The molecule has 1 N–H and O–H groups in total. The van der Waals surface area contributed by atoms with Gasteiger partial charge in [0.05, 0.1) is 0 Å². The molecule has 0 atom stereocenters. The van der Waals surface area contributed by atoms with Crippen LogP contribution < -0.4 is 0 Å². The monoisotopic (exact) mass is 180 g/mol. The lowest BCUT2D eigenvalue weighted by Crippen LogP contribution is -1.83. The van der Waals surface area contributed by atoms with Crippen LogP contribution in [-0.4, -0.2) is 11.7 Å². The Labute approximate surface area is 77.5 Å². The number of halogens is 1. The molecule has 0 aromatic heterocycles. The van der Waals surface area contributed by atoms with Crippen molar-refractivity contribution in [3.8, 4) is 0 Å². The van der Waals surface area contributed by atoms with E-state index in [0.29, 0.717) is 6.42 Å². The maximum absolute atomic E-state index is 12.7. The molecule has 2 heteroatoms. The minimum Gasteiger partial charge on any atom is -0.396 e. The van der Waals surface area contributed by atoms with Gasteiger partial charge in [0, 0.05) is 6.61 Å². The van der Waals surface area contributed by atoms with Crippen molar-refractivity contribution in [2.24, 2.45) is 0 Å². The van der Waals surface area contributed by atoms with Crippen LogP contribution in [-0.2, 0) is 6.42 Å². The summed E-state index contributed by atoms with van der Waals surface area (Å²) in [5.74, 6) is -0.201. The number of hydrogen-bond donors (Lipinski definition) is 1. The predicted octanol–water partition coefficient (Wildman–Crippen LogP) is 2.31. The molecule has 0 aliphatic rings. The third kappa shape index (κ3) is 3.85. The van der Waals surface area contributed by atoms with Gasteiger partial charge in [-0.3, -0.25) is 0 Å². The third-order valence-corrected chi connectivity index (χ3v) is 1.71. The Hall–Kier alpha value is -1.15. The highest BCUT2D eigenvalue weighted by atomic mass is 19.1. The fraction of sp³-hybridized carbons (Fsp3) is 0.273. The van der Waals surface area contributed by atoms with E-state index in [2.05, 4.69) is 0 Å². The van der Waals surface area contributed by atoms with Gasteiger partial charge in [-0.15, -0.1) is 0 Å². The summed E-state index contributed by atoms with van der Waals surface area (Å²) in [5.41, 5.74) is 0.953. The van der Waals surface area contributed by atoms with Crippen LogP contribution in [0.15, 0.2) is 36.4 Å². The quantitative estimate of drug-likeness (QED) is 0.705. The average molecular weight is 180 g/mol. The Morgan fingerprint density at radius 2 is 2.15 bits per heavy atom. The van der Waals surface area contributed by atoms with Crippen LogP contribution in [0.2, 0.25) is 0 Å². The second-order valence-electron chi connectivity index (χ2n) is 2.82. The maximum Gasteiger partial charge on any atom is 0.123 e. The van der Waals surface area contributed by atoms with E-state index in [-0.39, 0.29) is 12.4 Å². The molecule has 0 saturated carbocycles. The molecule has 1 aromatic rings. The molecular formula is C11H13FO. The molecule has 0 spiro atoms. The molecule has 1 nitrogen and oxygen atoms in total. The van der Waals surface area contributed by atoms with Gasteiger partial charge in [-0.05, 0) is 30.5 Å². The van der Waals surface area contributed by atoms with Gasteiger partial charge in [-0.1, -0.05) is 24.3 Å². The summed E-state index contributed by atoms with van der Waals surface area (Å²) in [7, 11) is 0. The number of benzene rings is 1. The summed E-state index contributed by atoms with van der Waals surface area (Å²) >= 11 is 0. The molecule has 1 rings (SSSR count). The van der Waals surface area contributed by atoms with E-state index in [9.17, 15) is 4.39 Å². The summed E-state index contributed by atoms with van der Waals surface area (Å²) in [4.78, 5) is 0. The molecule has 0 unspecified atom stereocenters. The zero-order valence-corrected chi connectivity index (χ0v) is 7.41. The van der Waals surface area contributed by atoms with Gasteiger partial charge in [-0.2, -0.15) is 0 Å². The first kappa shape index (κ1) is 9.93. The van der Waals surface area contributed by atoms with E-state index >= 15 is 0 Å². The Morgan fingerprint density at radius 3 is 2.85 bits per heavy atom. The third-order valence-electron chi connectivity index (χ3n) is 1.71.